The number of ether oxygens (including phenoxy) is 3. The highest BCUT2D eigenvalue weighted by Gasteiger charge is 2.38. The first-order chi connectivity index (χ1) is 34.4. The number of fused-ring (bicyclic) bond motifs is 4. The van der Waals surface area contributed by atoms with Crippen molar-refractivity contribution in [1.82, 2.24) is 25.0 Å². The van der Waals surface area contributed by atoms with Gasteiger partial charge in [0.15, 0.2) is 5.75 Å². The van der Waals surface area contributed by atoms with Crippen molar-refractivity contribution in [2.75, 3.05) is 82.2 Å². The van der Waals surface area contributed by atoms with Crippen molar-refractivity contribution in [3.8, 4) is 11.5 Å². The maximum atomic E-state index is 14.4. The lowest BCUT2D eigenvalue weighted by atomic mass is 9.97. The molecule has 2 aliphatic heterocycles. The second-order valence-electron chi connectivity index (χ2n) is 18.7. The fourth-order valence-electron chi connectivity index (χ4n) is 9.00. The molecule has 2 aliphatic rings. The Bertz CT molecular complexity index is 2780. The van der Waals surface area contributed by atoms with E-state index in [0.29, 0.717) is 35.8 Å². The second kappa shape index (κ2) is 23.7. The van der Waals surface area contributed by atoms with E-state index in [2.05, 4.69) is 15.2 Å². The highest BCUT2D eigenvalue weighted by Crippen LogP contribution is 2.49. The Morgan fingerprint density at radius 2 is 1.69 bits per heavy atom. The number of aryl methyl sites for hydroxylation is 1. The van der Waals surface area contributed by atoms with E-state index in [0.717, 1.165) is 62.4 Å². The molecule has 7 N–H and O–H groups in total. The van der Waals surface area contributed by atoms with Gasteiger partial charge in [0.2, 0.25) is 5.91 Å². The number of hydrogen-bond donors (Lipinski definition) is 5. The Kier molecular flexibility index (Phi) is 17.5. The van der Waals surface area contributed by atoms with E-state index >= 15 is 0 Å². The molecule has 3 aromatic carbocycles. The summed E-state index contributed by atoms with van der Waals surface area (Å²) in [5.74, 6) is -1.21. The fourth-order valence-corrected chi connectivity index (χ4v) is 10.3. The number of carboxylic acid groups (broad SMARTS) is 1. The summed E-state index contributed by atoms with van der Waals surface area (Å²) in [6.07, 6.45) is 1.35. The average molecular weight is 1030 g/mol. The molecule has 7 rings (SSSR count). The highest BCUT2D eigenvalue weighted by atomic mass is 35.5. The fraction of sp³-hybridized carbons (Fsp3) is 0.451. The Labute approximate surface area is 427 Å². The van der Waals surface area contributed by atoms with Crippen LogP contribution in [0.2, 0.25) is 0 Å². The number of nitrogens with one attached hydrogen (secondary N) is 2. The topological polar surface area (TPSA) is 246 Å². The van der Waals surface area contributed by atoms with Crippen molar-refractivity contribution in [3.05, 3.63) is 82.4 Å². The number of aliphatic carboxylic acids is 1. The molecule has 19 nitrogen and oxygen atoms in total. The summed E-state index contributed by atoms with van der Waals surface area (Å²) in [5, 5.41) is 16.3. The van der Waals surface area contributed by atoms with Crippen LogP contribution in [0.4, 0.5) is 25.8 Å². The standard InChI is InChI=1S/C51H64ClN9O10S/c1-30(2)44(53)47(63)61(39(48(64)65)9-8-16-55-49(54)66)35-12-10-32(11-13-35)28-70-50(67)57(4)19-20-58(5)51(68)71-41-25-40-43(42-31(3)29-72-45(41)42)34(26-52)27-60(40)46(62)38-24-33-23-36(14-15-37(33)56-38)69-22-21-59-17-6-7-18-59/h10-15,23-25,29-30,34,39,44,56H,6-9,16-22,26-28,53H2,1-5H3,(H,64,65)(H3,54,55,66)/t34-,39+,44+/m1/s1. The lowest BCUT2D eigenvalue weighted by Gasteiger charge is -2.32. The molecule has 0 aliphatic carbocycles. The molecule has 1 fully saturated rings. The van der Waals surface area contributed by atoms with Gasteiger partial charge in [-0.1, -0.05) is 26.0 Å². The molecule has 21 heteroatoms. The number of primary amides is 1. The molecule has 386 valence electrons. The van der Waals surface area contributed by atoms with Crippen LogP contribution in [0.25, 0.3) is 21.0 Å². The first-order valence-electron chi connectivity index (χ1n) is 24.1. The van der Waals surface area contributed by atoms with Crippen molar-refractivity contribution >= 4 is 91.3 Å². The molecule has 0 radical (unpaired) electrons. The number of nitrogens with two attached hydrogens (primary N) is 2. The number of aromatic amines is 1. The number of urea groups is 1. The number of hydrogen-bond acceptors (Lipinski definition) is 12. The zero-order valence-electron chi connectivity index (χ0n) is 41.3. The van der Waals surface area contributed by atoms with Gasteiger partial charge in [0, 0.05) is 86.7 Å². The quantitative estimate of drug-likeness (QED) is 0.0366. The van der Waals surface area contributed by atoms with E-state index in [-0.39, 0.29) is 68.4 Å². The second-order valence-corrected chi connectivity index (χ2v) is 19.9. The maximum absolute atomic E-state index is 14.4. The van der Waals surface area contributed by atoms with E-state index in [1.807, 2.05) is 36.6 Å². The Hall–Kier alpha value is -6.61. The number of anilines is 2. The number of likely N-dealkylation sites (tertiary alicyclic amines) is 1. The minimum Gasteiger partial charge on any atom is -0.492 e. The Balaban J connectivity index is 0.970. The normalized spacial score (nSPS) is 15.3. The molecular formula is C51H64ClN9O10S. The molecular weight excluding hydrogens is 966 g/mol. The number of halogens is 1. The van der Waals surface area contributed by atoms with E-state index in [4.69, 9.17) is 37.3 Å². The summed E-state index contributed by atoms with van der Waals surface area (Å²) in [4.78, 5) is 89.6. The number of likely N-dealkylation sites (N-methyl/N-ethyl adjacent to an activating group) is 2. The van der Waals surface area contributed by atoms with Crippen LogP contribution in [0, 0.1) is 12.8 Å². The molecule has 72 heavy (non-hydrogen) atoms. The van der Waals surface area contributed by atoms with Gasteiger partial charge in [0.25, 0.3) is 5.91 Å². The summed E-state index contributed by atoms with van der Waals surface area (Å²) in [6, 6.07) is 12.6. The van der Waals surface area contributed by atoms with Gasteiger partial charge in [0.1, 0.15) is 30.7 Å². The van der Waals surface area contributed by atoms with E-state index in [9.17, 15) is 33.9 Å². The van der Waals surface area contributed by atoms with Crippen molar-refractivity contribution < 1.29 is 48.1 Å². The number of carbonyl (C=O) groups excluding carboxylic acids is 5. The molecule has 5 aromatic rings. The van der Waals surface area contributed by atoms with Gasteiger partial charge in [-0.05, 0) is 110 Å². The van der Waals surface area contributed by atoms with Gasteiger partial charge < -0.3 is 55.8 Å². The average Bonchev–Trinajstić information content (AvgIpc) is 4.19. The third-order valence-corrected chi connectivity index (χ3v) is 14.7. The number of thiophene rings is 1. The predicted molar refractivity (Wildman–Crippen MR) is 278 cm³/mol. The minimum absolute atomic E-state index is 0.0115. The zero-order chi connectivity index (χ0) is 51.8. The molecule has 0 saturated carbocycles. The number of H-pyrrole nitrogens is 1. The number of alkyl halides is 1. The third kappa shape index (κ3) is 12.3. The monoisotopic (exact) mass is 1030 g/mol. The van der Waals surface area contributed by atoms with Crippen LogP contribution >= 0.6 is 22.9 Å². The van der Waals surface area contributed by atoms with Gasteiger partial charge in [-0.2, -0.15) is 0 Å². The third-order valence-electron chi connectivity index (χ3n) is 13.2. The van der Waals surface area contributed by atoms with Gasteiger partial charge in [-0.3, -0.25) is 19.4 Å². The molecule has 2 aromatic heterocycles. The molecule has 0 spiro atoms. The van der Waals surface area contributed by atoms with Gasteiger partial charge >= 0.3 is 24.2 Å². The number of rotatable bonds is 21. The number of benzene rings is 3. The van der Waals surface area contributed by atoms with E-state index in [1.54, 1.807) is 56.1 Å². The van der Waals surface area contributed by atoms with E-state index in [1.165, 1.54) is 41.0 Å². The van der Waals surface area contributed by atoms with Crippen LogP contribution in [0.15, 0.2) is 60.0 Å². The van der Waals surface area contributed by atoms with Crippen molar-refractivity contribution in [3.63, 3.8) is 0 Å². The first-order valence-corrected chi connectivity index (χ1v) is 25.5. The van der Waals surface area contributed by atoms with Crippen LogP contribution in [-0.2, 0) is 20.9 Å². The Morgan fingerprint density at radius 1 is 0.986 bits per heavy atom. The molecule has 1 saturated heterocycles. The summed E-state index contributed by atoms with van der Waals surface area (Å²) >= 11 is 8.03. The SMILES string of the molecule is Cc1csc2c(OC(=O)N(C)CCN(C)C(=O)OCc3ccc(N(C(=O)[C@@H](N)C(C)C)[C@@H](CCCNC(N)=O)C(=O)O)cc3)cc3c(c12)[C@H](CCl)CN3C(=O)c1cc2cc(OCCN3CCCC3)ccc2[nH]1. The lowest BCUT2D eigenvalue weighted by Crippen LogP contribution is -2.53. The number of amides is 6. The highest BCUT2D eigenvalue weighted by molar-refractivity contribution is 7.17. The number of nitrogens with zero attached hydrogens (tertiary/aromatic N) is 5. The smallest absolute Gasteiger partial charge is 0.415 e. The summed E-state index contributed by atoms with van der Waals surface area (Å²) in [5.41, 5.74) is 15.9. The van der Waals surface area contributed by atoms with Crippen LogP contribution in [0.5, 0.6) is 11.5 Å². The zero-order valence-corrected chi connectivity index (χ0v) is 42.9. The molecule has 3 atom stereocenters. The van der Waals surface area contributed by atoms with Gasteiger partial charge in [-0.15, -0.1) is 22.9 Å². The van der Waals surface area contributed by atoms with Crippen molar-refractivity contribution in [2.24, 2.45) is 17.4 Å². The van der Waals surface area contributed by atoms with Crippen LogP contribution in [-0.4, -0.2) is 145 Å². The Morgan fingerprint density at radius 3 is 2.36 bits per heavy atom. The summed E-state index contributed by atoms with van der Waals surface area (Å²) in [7, 11) is 3.09. The minimum atomic E-state index is -1.29. The van der Waals surface area contributed by atoms with Gasteiger partial charge in [-0.25, -0.2) is 19.2 Å². The molecule has 0 unspecified atom stereocenters. The largest absolute Gasteiger partial charge is 0.492 e. The number of aromatic nitrogens is 1. The first kappa shape index (κ1) is 53.2. The van der Waals surface area contributed by atoms with Crippen LogP contribution in [0.1, 0.15) is 72.6 Å². The summed E-state index contributed by atoms with van der Waals surface area (Å²) in [6.45, 7) is 9.66. The number of carbonyl (C=O) groups is 6. The van der Waals surface area contributed by atoms with Crippen LogP contribution < -0.4 is 36.1 Å². The molecule has 4 heterocycles. The predicted octanol–water partition coefficient (Wildman–Crippen LogP) is 7.07. The van der Waals surface area contributed by atoms with Crippen molar-refractivity contribution in [1.29, 1.82) is 0 Å². The molecule has 0 bridgehead atoms. The van der Waals surface area contributed by atoms with Crippen molar-refractivity contribution in [2.45, 2.75) is 71.1 Å². The maximum Gasteiger partial charge on any atom is 0.415 e. The van der Waals surface area contributed by atoms with E-state index < -0.39 is 42.2 Å². The van der Waals surface area contributed by atoms with Crippen LogP contribution in [0.3, 0.4) is 0 Å². The number of carboxylic acids is 1. The summed E-state index contributed by atoms with van der Waals surface area (Å²) < 4.78 is 18.4. The lowest BCUT2D eigenvalue weighted by molar-refractivity contribution is -0.140. The molecule has 6 amide bonds. The van der Waals surface area contributed by atoms with Gasteiger partial charge in [0.05, 0.1) is 16.4 Å².